The van der Waals surface area contributed by atoms with Crippen molar-refractivity contribution in [2.75, 3.05) is 5.32 Å². The van der Waals surface area contributed by atoms with Crippen molar-refractivity contribution in [1.82, 2.24) is 5.32 Å². The molecule has 132 valence electrons. The Morgan fingerprint density at radius 2 is 1.60 bits per heavy atom. The average molecular weight is 377 g/mol. The molecule has 1 fully saturated rings. The molecule has 1 atom stereocenters. The lowest BCUT2D eigenvalue weighted by atomic mass is 9.93. The van der Waals surface area contributed by atoms with E-state index in [2.05, 4.69) is 10.6 Å². The molecule has 0 unspecified atom stereocenters. The number of anilines is 1. The second-order valence-corrected chi connectivity index (χ2v) is 7.37. The van der Waals surface area contributed by atoms with Crippen molar-refractivity contribution in [1.29, 1.82) is 0 Å². The van der Waals surface area contributed by atoms with E-state index in [1.54, 1.807) is 18.2 Å². The topological polar surface area (TPSA) is 41.1 Å². The van der Waals surface area contributed by atoms with E-state index in [4.69, 9.17) is 23.2 Å². The highest BCUT2D eigenvalue weighted by molar-refractivity contribution is 6.35. The molecular weight excluding hydrogens is 355 g/mol. The van der Waals surface area contributed by atoms with Gasteiger partial charge in [-0.05, 0) is 36.6 Å². The van der Waals surface area contributed by atoms with Crippen molar-refractivity contribution in [2.45, 2.75) is 44.2 Å². The maximum absolute atomic E-state index is 12.9. The summed E-state index contributed by atoms with van der Waals surface area (Å²) in [5, 5.41) is 7.48. The minimum Gasteiger partial charge on any atom is -0.324 e. The van der Waals surface area contributed by atoms with Crippen LogP contribution >= 0.6 is 23.2 Å². The molecule has 0 aliphatic heterocycles. The van der Waals surface area contributed by atoms with Crippen LogP contribution in [-0.2, 0) is 4.79 Å². The highest BCUT2D eigenvalue weighted by Gasteiger charge is 2.25. The van der Waals surface area contributed by atoms with E-state index >= 15 is 0 Å². The summed E-state index contributed by atoms with van der Waals surface area (Å²) >= 11 is 12.1. The van der Waals surface area contributed by atoms with Crippen molar-refractivity contribution in [3.05, 3.63) is 64.1 Å². The lowest BCUT2D eigenvalue weighted by molar-refractivity contribution is -0.118. The van der Waals surface area contributed by atoms with Gasteiger partial charge in [0.25, 0.3) is 0 Å². The number of nitrogens with one attached hydrogen (secondary N) is 2. The molecule has 1 amide bonds. The lowest BCUT2D eigenvalue weighted by Gasteiger charge is -2.28. The van der Waals surface area contributed by atoms with Gasteiger partial charge in [-0.3, -0.25) is 10.1 Å². The van der Waals surface area contributed by atoms with Gasteiger partial charge in [0.15, 0.2) is 0 Å². The first-order valence-electron chi connectivity index (χ1n) is 8.70. The Hall–Kier alpha value is -1.55. The van der Waals surface area contributed by atoms with Crippen molar-refractivity contribution >= 4 is 34.8 Å². The Balaban J connectivity index is 1.78. The third-order valence-electron chi connectivity index (χ3n) is 4.53. The van der Waals surface area contributed by atoms with Crippen molar-refractivity contribution < 1.29 is 4.79 Å². The van der Waals surface area contributed by atoms with Crippen LogP contribution in [0.15, 0.2) is 48.5 Å². The summed E-state index contributed by atoms with van der Waals surface area (Å²) in [6.07, 6.45) is 5.93. The van der Waals surface area contributed by atoms with E-state index in [0.717, 1.165) is 18.4 Å². The van der Waals surface area contributed by atoms with Crippen LogP contribution in [0.25, 0.3) is 0 Å². The maximum Gasteiger partial charge on any atom is 0.246 e. The van der Waals surface area contributed by atoms with Gasteiger partial charge in [0.05, 0.1) is 0 Å². The van der Waals surface area contributed by atoms with E-state index in [-0.39, 0.29) is 5.91 Å². The molecule has 25 heavy (non-hydrogen) atoms. The first kappa shape index (κ1) is 18.2. The molecule has 3 nitrogen and oxygen atoms in total. The summed E-state index contributed by atoms with van der Waals surface area (Å²) in [4.78, 5) is 12.9. The van der Waals surface area contributed by atoms with Crippen LogP contribution in [0.3, 0.4) is 0 Å². The highest BCUT2D eigenvalue weighted by atomic mass is 35.5. The summed E-state index contributed by atoms with van der Waals surface area (Å²) in [5.41, 5.74) is 1.56. The van der Waals surface area contributed by atoms with Crippen molar-refractivity contribution in [2.24, 2.45) is 0 Å². The number of carbonyl (C=O) groups is 1. The minimum atomic E-state index is -0.401. The zero-order valence-electron chi connectivity index (χ0n) is 14.0. The molecule has 1 saturated carbocycles. The minimum absolute atomic E-state index is 0.102. The van der Waals surface area contributed by atoms with Gasteiger partial charge in [-0.25, -0.2) is 0 Å². The average Bonchev–Trinajstić information content (AvgIpc) is 2.60. The molecule has 3 rings (SSSR count). The summed E-state index contributed by atoms with van der Waals surface area (Å²) in [7, 11) is 0. The normalized spacial score (nSPS) is 16.4. The van der Waals surface area contributed by atoms with E-state index in [0.29, 0.717) is 21.8 Å². The monoisotopic (exact) mass is 376 g/mol. The number of hydrogen-bond donors (Lipinski definition) is 2. The fraction of sp³-hybridized carbons (Fsp3) is 0.350. The van der Waals surface area contributed by atoms with Crippen LogP contribution in [0, 0.1) is 0 Å². The van der Waals surface area contributed by atoms with Gasteiger partial charge in [-0.2, -0.15) is 0 Å². The Morgan fingerprint density at radius 1 is 0.960 bits per heavy atom. The third kappa shape index (κ3) is 5.21. The van der Waals surface area contributed by atoms with Crippen molar-refractivity contribution in [3.63, 3.8) is 0 Å². The zero-order chi connectivity index (χ0) is 17.6. The Labute approximate surface area is 158 Å². The number of amides is 1. The molecule has 2 aromatic rings. The van der Waals surface area contributed by atoms with Gasteiger partial charge in [-0.1, -0.05) is 72.8 Å². The smallest absolute Gasteiger partial charge is 0.246 e. The van der Waals surface area contributed by atoms with Gasteiger partial charge >= 0.3 is 0 Å². The Morgan fingerprint density at radius 3 is 2.24 bits per heavy atom. The second kappa shape index (κ2) is 8.70. The summed E-state index contributed by atoms with van der Waals surface area (Å²) in [6, 6.07) is 14.8. The van der Waals surface area contributed by atoms with Crippen LogP contribution in [0.5, 0.6) is 0 Å². The largest absolute Gasteiger partial charge is 0.324 e. The standard InChI is InChI=1S/C20H22Cl2N2O/c21-15-11-16(22)13-18(12-15)24-20(25)19(14-7-3-1-4-8-14)23-17-9-5-2-6-10-17/h1,3-4,7-8,11-13,17,19,23H,2,5-6,9-10H2,(H,24,25)/t19-/m1/s1. The van der Waals surface area contributed by atoms with E-state index in [9.17, 15) is 4.79 Å². The highest BCUT2D eigenvalue weighted by Crippen LogP contribution is 2.25. The van der Waals surface area contributed by atoms with E-state index in [1.165, 1.54) is 19.3 Å². The number of carbonyl (C=O) groups excluding carboxylic acids is 1. The van der Waals surface area contributed by atoms with E-state index < -0.39 is 6.04 Å². The fourth-order valence-corrected chi connectivity index (χ4v) is 3.84. The maximum atomic E-state index is 12.9. The van der Waals surface area contributed by atoms with Crippen LogP contribution in [0.4, 0.5) is 5.69 Å². The van der Waals surface area contributed by atoms with Crippen molar-refractivity contribution in [3.8, 4) is 0 Å². The molecule has 0 spiro atoms. The van der Waals surface area contributed by atoms with Gasteiger partial charge in [-0.15, -0.1) is 0 Å². The summed E-state index contributed by atoms with van der Waals surface area (Å²) in [5.74, 6) is -0.102. The first-order chi connectivity index (χ1) is 12.1. The first-order valence-corrected chi connectivity index (χ1v) is 9.45. The number of benzene rings is 2. The molecule has 0 saturated heterocycles. The zero-order valence-corrected chi connectivity index (χ0v) is 15.5. The predicted molar refractivity (Wildman–Crippen MR) is 104 cm³/mol. The van der Waals surface area contributed by atoms with E-state index in [1.807, 2.05) is 30.3 Å². The Bertz CT molecular complexity index is 695. The molecular formula is C20H22Cl2N2O. The molecule has 0 bridgehead atoms. The molecule has 1 aliphatic rings. The molecule has 0 radical (unpaired) electrons. The number of hydrogen-bond acceptors (Lipinski definition) is 2. The molecule has 0 aromatic heterocycles. The van der Waals surface area contributed by atoms with Gasteiger partial charge in [0.2, 0.25) is 5.91 Å². The molecule has 5 heteroatoms. The third-order valence-corrected chi connectivity index (χ3v) is 4.97. The second-order valence-electron chi connectivity index (χ2n) is 6.49. The van der Waals surface area contributed by atoms with Crippen LogP contribution in [0.1, 0.15) is 43.7 Å². The molecule has 2 aromatic carbocycles. The number of rotatable bonds is 5. The van der Waals surface area contributed by atoms with Gasteiger partial charge in [0.1, 0.15) is 6.04 Å². The quantitative estimate of drug-likeness (QED) is 0.713. The Kier molecular flexibility index (Phi) is 6.35. The molecule has 0 heterocycles. The van der Waals surface area contributed by atoms with Crippen LogP contribution < -0.4 is 10.6 Å². The molecule has 2 N–H and O–H groups in total. The van der Waals surface area contributed by atoms with Gasteiger partial charge < -0.3 is 5.32 Å². The fourth-order valence-electron chi connectivity index (χ4n) is 3.31. The SMILES string of the molecule is O=C(Nc1cc(Cl)cc(Cl)c1)[C@H](NC1CCCCC1)c1ccccc1. The molecule has 1 aliphatic carbocycles. The predicted octanol–water partition coefficient (Wildman–Crippen LogP) is 5.60. The van der Waals surface area contributed by atoms with Gasteiger partial charge in [0, 0.05) is 21.8 Å². The number of halogens is 2. The lowest BCUT2D eigenvalue weighted by Crippen LogP contribution is -2.40. The summed E-state index contributed by atoms with van der Waals surface area (Å²) < 4.78 is 0. The summed E-state index contributed by atoms with van der Waals surface area (Å²) in [6.45, 7) is 0. The van der Waals surface area contributed by atoms with Crippen LogP contribution in [0.2, 0.25) is 10.0 Å². The van der Waals surface area contributed by atoms with Crippen LogP contribution in [-0.4, -0.2) is 11.9 Å².